The number of terminal acetylenes is 1. The highest BCUT2D eigenvalue weighted by Gasteiger charge is 2.11. The standard InChI is InChI=1S/C12H12INO3/c1-3-5-17-12-10(13)6-9(8-14-15)7-11(12)16-4-2/h1,6-8,15H,4-5H2,2H3/b14-8-. The largest absolute Gasteiger partial charge is 0.490 e. The van der Waals surface area contributed by atoms with E-state index in [1.54, 1.807) is 6.07 Å². The first-order valence-corrected chi connectivity index (χ1v) is 6.00. The molecule has 0 saturated carbocycles. The van der Waals surface area contributed by atoms with Crippen molar-refractivity contribution in [3.63, 3.8) is 0 Å². The van der Waals surface area contributed by atoms with Gasteiger partial charge in [-0.25, -0.2) is 0 Å². The van der Waals surface area contributed by atoms with Gasteiger partial charge in [0.05, 0.1) is 16.4 Å². The minimum absolute atomic E-state index is 0.184. The third kappa shape index (κ3) is 3.82. The molecule has 90 valence electrons. The summed E-state index contributed by atoms with van der Waals surface area (Å²) in [7, 11) is 0. The molecular weight excluding hydrogens is 333 g/mol. The van der Waals surface area contributed by atoms with E-state index in [2.05, 4.69) is 33.7 Å². The van der Waals surface area contributed by atoms with E-state index in [9.17, 15) is 0 Å². The molecule has 17 heavy (non-hydrogen) atoms. The molecule has 0 aliphatic carbocycles. The van der Waals surface area contributed by atoms with Gasteiger partial charge in [-0.2, -0.15) is 0 Å². The van der Waals surface area contributed by atoms with E-state index in [0.717, 1.165) is 9.13 Å². The van der Waals surface area contributed by atoms with Gasteiger partial charge >= 0.3 is 0 Å². The molecule has 0 spiro atoms. The number of hydrogen-bond acceptors (Lipinski definition) is 4. The van der Waals surface area contributed by atoms with Crippen LogP contribution >= 0.6 is 22.6 Å². The van der Waals surface area contributed by atoms with Crippen molar-refractivity contribution >= 4 is 28.8 Å². The number of benzene rings is 1. The molecule has 0 atom stereocenters. The molecule has 1 aromatic carbocycles. The van der Waals surface area contributed by atoms with E-state index in [1.165, 1.54) is 6.21 Å². The highest BCUT2D eigenvalue weighted by molar-refractivity contribution is 14.1. The predicted octanol–water partition coefficient (Wildman–Crippen LogP) is 2.51. The maximum absolute atomic E-state index is 8.51. The molecule has 0 unspecified atom stereocenters. The van der Waals surface area contributed by atoms with Gasteiger partial charge in [0, 0.05) is 5.56 Å². The average molecular weight is 345 g/mol. The normalized spacial score (nSPS) is 10.2. The fourth-order valence-corrected chi connectivity index (χ4v) is 2.03. The number of halogens is 1. The summed E-state index contributed by atoms with van der Waals surface area (Å²) in [4.78, 5) is 0. The smallest absolute Gasteiger partial charge is 0.175 e. The second kappa shape index (κ2) is 7.01. The highest BCUT2D eigenvalue weighted by Crippen LogP contribution is 2.33. The lowest BCUT2D eigenvalue weighted by atomic mass is 10.2. The Morgan fingerprint density at radius 2 is 2.29 bits per heavy atom. The van der Waals surface area contributed by atoms with Crippen LogP contribution in [0.4, 0.5) is 0 Å². The fourth-order valence-electron chi connectivity index (χ4n) is 1.25. The molecule has 0 heterocycles. The van der Waals surface area contributed by atoms with Crippen LogP contribution in [0, 0.1) is 15.9 Å². The zero-order chi connectivity index (χ0) is 12.7. The molecule has 0 saturated heterocycles. The van der Waals surface area contributed by atoms with Crippen molar-refractivity contribution in [2.75, 3.05) is 13.2 Å². The second-order valence-corrected chi connectivity index (χ2v) is 4.16. The first-order valence-electron chi connectivity index (χ1n) is 4.93. The molecule has 1 N–H and O–H groups in total. The molecule has 4 nitrogen and oxygen atoms in total. The van der Waals surface area contributed by atoms with E-state index < -0.39 is 0 Å². The van der Waals surface area contributed by atoms with Gasteiger partial charge in [-0.05, 0) is 41.6 Å². The quantitative estimate of drug-likeness (QED) is 0.293. The Balaban J connectivity index is 3.13. The van der Waals surface area contributed by atoms with Crippen molar-refractivity contribution < 1.29 is 14.7 Å². The van der Waals surface area contributed by atoms with Gasteiger partial charge < -0.3 is 14.7 Å². The van der Waals surface area contributed by atoms with Crippen LogP contribution in [0.1, 0.15) is 12.5 Å². The van der Waals surface area contributed by atoms with Crippen LogP contribution in [0.5, 0.6) is 11.5 Å². The number of ether oxygens (including phenoxy) is 2. The van der Waals surface area contributed by atoms with Gasteiger partial charge in [0.1, 0.15) is 6.61 Å². The van der Waals surface area contributed by atoms with E-state index in [0.29, 0.717) is 18.1 Å². The topological polar surface area (TPSA) is 51.0 Å². The monoisotopic (exact) mass is 345 g/mol. The summed E-state index contributed by atoms with van der Waals surface area (Å²) in [6, 6.07) is 3.55. The molecule has 0 fully saturated rings. The van der Waals surface area contributed by atoms with Crippen LogP contribution < -0.4 is 9.47 Å². The lowest BCUT2D eigenvalue weighted by Crippen LogP contribution is -2.02. The third-order valence-corrected chi connectivity index (χ3v) is 2.64. The number of rotatable bonds is 5. The first-order chi connectivity index (χ1) is 8.22. The van der Waals surface area contributed by atoms with Gasteiger partial charge in [0.2, 0.25) is 0 Å². The number of nitrogens with zero attached hydrogens (tertiary/aromatic N) is 1. The van der Waals surface area contributed by atoms with Crippen LogP contribution in [0.2, 0.25) is 0 Å². The molecule has 0 aromatic heterocycles. The molecule has 1 rings (SSSR count). The van der Waals surface area contributed by atoms with E-state index in [-0.39, 0.29) is 6.61 Å². The summed E-state index contributed by atoms with van der Waals surface area (Å²) in [5, 5.41) is 11.5. The third-order valence-electron chi connectivity index (χ3n) is 1.84. The van der Waals surface area contributed by atoms with Crippen LogP contribution in [-0.2, 0) is 0 Å². The molecule has 1 aromatic rings. The van der Waals surface area contributed by atoms with Gasteiger partial charge in [-0.15, -0.1) is 6.42 Å². The van der Waals surface area contributed by atoms with E-state index in [1.807, 2.05) is 13.0 Å². The molecule has 0 radical (unpaired) electrons. The summed E-state index contributed by atoms with van der Waals surface area (Å²) < 4.78 is 11.7. The zero-order valence-electron chi connectivity index (χ0n) is 9.31. The lowest BCUT2D eigenvalue weighted by Gasteiger charge is -2.12. The van der Waals surface area contributed by atoms with Crippen molar-refractivity contribution in [2.45, 2.75) is 6.92 Å². The maximum Gasteiger partial charge on any atom is 0.175 e. The Morgan fingerprint density at radius 1 is 1.53 bits per heavy atom. The summed E-state index contributed by atoms with van der Waals surface area (Å²) in [6.07, 6.45) is 6.48. The Hall–Kier alpha value is -1.42. The predicted molar refractivity (Wildman–Crippen MR) is 74.0 cm³/mol. The minimum atomic E-state index is 0.184. The molecule has 0 amide bonds. The summed E-state index contributed by atoms with van der Waals surface area (Å²) >= 11 is 2.11. The fraction of sp³-hybridized carbons (Fsp3) is 0.250. The van der Waals surface area contributed by atoms with Crippen molar-refractivity contribution in [1.29, 1.82) is 0 Å². The summed E-state index contributed by atoms with van der Waals surface area (Å²) in [5.41, 5.74) is 0.730. The molecule has 0 aliphatic rings. The van der Waals surface area contributed by atoms with Gasteiger partial charge in [-0.1, -0.05) is 11.1 Å². The Kier molecular flexibility index (Phi) is 5.63. The van der Waals surface area contributed by atoms with Gasteiger partial charge in [-0.3, -0.25) is 0 Å². The molecule has 0 bridgehead atoms. The number of hydrogen-bond donors (Lipinski definition) is 1. The lowest BCUT2D eigenvalue weighted by molar-refractivity contribution is 0.297. The van der Waals surface area contributed by atoms with E-state index >= 15 is 0 Å². The van der Waals surface area contributed by atoms with Crippen molar-refractivity contribution in [2.24, 2.45) is 5.16 Å². The Bertz CT molecular complexity index is 452. The average Bonchev–Trinajstić information content (AvgIpc) is 2.29. The minimum Gasteiger partial charge on any atom is -0.490 e. The molecule has 5 heteroatoms. The summed E-state index contributed by atoms with van der Waals surface area (Å²) in [5.74, 6) is 3.60. The SMILES string of the molecule is C#CCOc1c(I)cc(/C=N\O)cc1OCC. The Morgan fingerprint density at radius 3 is 2.88 bits per heavy atom. The van der Waals surface area contributed by atoms with Crippen LogP contribution in [0.3, 0.4) is 0 Å². The van der Waals surface area contributed by atoms with Crippen molar-refractivity contribution in [1.82, 2.24) is 0 Å². The van der Waals surface area contributed by atoms with Crippen molar-refractivity contribution in [3.05, 3.63) is 21.3 Å². The Labute approximate surface area is 114 Å². The second-order valence-electron chi connectivity index (χ2n) is 3.00. The van der Waals surface area contributed by atoms with Crippen molar-refractivity contribution in [3.8, 4) is 23.8 Å². The van der Waals surface area contributed by atoms with Gasteiger partial charge in [0.15, 0.2) is 11.5 Å². The van der Waals surface area contributed by atoms with E-state index in [4.69, 9.17) is 21.1 Å². The summed E-state index contributed by atoms with van der Waals surface area (Å²) in [6.45, 7) is 2.58. The first kappa shape index (κ1) is 13.6. The van der Waals surface area contributed by atoms with Gasteiger partial charge in [0.25, 0.3) is 0 Å². The van der Waals surface area contributed by atoms with Crippen LogP contribution in [-0.4, -0.2) is 24.6 Å². The molecule has 0 aliphatic heterocycles. The van der Waals surface area contributed by atoms with Crippen LogP contribution in [0.15, 0.2) is 17.3 Å². The molecular formula is C12H12INO3. The van der Waals surface area contributed by atoms with Crippen LogP contribution in [0.25, 0.3) is 0 Å². The zero-order valence-corrected chi connectivity index (χ0v) is 11.5. The number of oxime groups is 1. The highest BCUT2D eigenvalue weighted by atomic mass is 127. The maximum atomic E-state index is 8.51.